The van der Waals surface area contributed by atoms with Gasteiger partial charge in [0, 0.05) is 5.56 Å². The molecule has 18 heavy (non-hydrogen) atoms. The number of benzene rings is 1. The average Bonchev–Trinajstić information content (AvgIpc) is 2.88. The number of alkyl halides is 2. The van der Waals surface area contributed by atoms with Crippen LogP contribution in [0.25, 0.3) is 16.2 Å². The van der Waals surface area contributed by atoms with Crippen molar-refractivity contribution in [1.82, 2.24) is 14.6 Å². The molecule has 0 aliphatic rings. The molecule has 0 atom stereocenters. The van der Waals surface area contributed by atoms with E-state index in [1.54, 1.807) is 28.4 Å². The second-order valence-corrected chi connectivity index (χ2v) is 4.31. The predicted molar refractivity (Wildman–Crippen MR) is 62.9 cm³/mol. The summed E-state index contributed by atoms with van der Waals surface area (Å²) in [5.74, 6) is 0.117. The van der Waals surface area contributed by atoms with Gasteiger partial charge in [0.2, 0.25) is 4.96 Å². The van der Waals surface area contributed by atoms with Crippen molar-refractivity contribution in [2.75, 3.05) is 0 Å². The highest BCUT2D eigenvalue weighted by molar-refractivity contribution is 7.14. The van der Waals surface area contributed by atoms with E-state index in [0.717, 1.165) is 4.96 Å². The largest absolute Gasteiger partial charge is 0.435 e. The fourth-order valence-electron chi connectivity index (χ4n) is 1.61. The first-order chi connectivity index (χ1) is 8.72. The van der Waals surface area contributed by atoms with Gasteiger partial charge >= 0.3 is 6.61 Å². The maximum Gasteiger partial charge on any atom is 0.387 e. The Labute approximate surface area is 104 Å². The maximum atomic E-state index is 12.1. The molecule has 0 aliphatic heterocycles. The van der Waals surface area contributed by atoms with Crippen LogP contribution < -0.4 is 4.74 Å². The van der Waals surface area contributed by atoms with Crippen molar-refractivity contribution in [1.29, 1.82) is 0 Å². The molecule has 0 aliphatic carbocycles. The number of halogens is 2. The minimum atomic E-state index is -2.83. The van der Waals surface area contributed by atoms with Crippen molar-refractivity contribution in [3.63, 3.8) is 0 Å². The molecule has 4 nitrogen and oxygen atoms in total. The molecule has 3 aromatic rings. The van der Waals surface area contributed by atoms with E-state index in [1.165, 1.54) is 23.5 Å². The van der Waals surface area contributed by atoms with E-state index in [9.17, 15) is 8.78 Å². The molecule has 0 bridgehead atoms. The molecule has 0 saturated carbocycles. The van der Waals surface area contributed by atoms with Crippen molar-refractivity contribution < 1.29 is 13.5 Å². The van der Waals surface area contributed by atoms with Gasteiger partial charge in [-0.1, -0.05) is 23.5 Å². The van der Waals surface area contributed by atoms with Crippen molar-refractivity contribution in [2.45, 2.75) is 6.61 Å². The Balaban J connectivity index is 1.98. The summed E-state index contributed by atoms with van der Waals surface area (Å²) < 4.78 is 30.2. The van der Waals surface area contributed by atoms with Crippen LogP contribution in [0.15, 0.2) is 36.0 Å². The van der Waals surface area contributed by atoms with Crippen molar-refractivity contribution in [3.8, 4) is 17.0 Å². The number of hydrogen-bond acceptors (Lipinski definition) is 4. The molecular formula is C11H7F2N3OS. The molecule has 3 rings (SSSR count). The Morgan fingerprint density at radius 1 is 1.33 bits per heavy atom. The third kappa shape index (κ3) is 2.04. The lowest BCUT2D eigenvalue weighted by Gasteiger charge is -2.05. The summed E-state index contributed by atoms with van der Waals surface area (Å²) in [7, 11) is 0. The minimum absolute atomic E-state index is 0.117. The molecule has 1 aromatic carbocycles. The lowest BCUT2D eigenvalue weighted by Crippen LogP contribution is -2.01. The van der Waals surface area contributed by atoms with Crippen LogP contribution in [-0.2, 0) is 0 Å². The van der Waals surface area contributed by atoms with Gasteiger partial charge in [0.05, 0.1) is 11.9 Å². The smallest absolute Gasteiger partial charge is 0.387 e. The zero-order chi connectivity index (χ0) is 12.5. The molecular weight excluding hydrogens is 260 g/mol. The van der Waals surface area contributed by atoms with Crippen LogP contribution in [0.3, 0.4) is 0 Å². The molecule has 0 radical (unpaired) electrons. The summed E-state index contributed by atoms with van der Waals surface area (Å²) in [6, 6.07) is 6.43. The number of aromatic nitrogens is 3. The number of ether oxygens (including phenoxy) is 1. The zero-order valence-corrected chi connectivity index (χ0v) is 9.77. The van der Waals surface area contributed by atoms with Crippen LogP contribution in [0.2, 0.25) is 0 Å². The molecule has 92 valence electrons. The molecule has 0 N–H and O–H groups in total. The Morgan fingerprint density at radius 3 is 3.00 bits per heavy atom. The highest BCUT2D eigenvalue weighted by atomic mass is 32.1. The quantitative estimate of drug-likeness (QED) is 0.732. The molecule has 2 heterocycles. The third-order valence-electron chi connectivity index (χ3n) is 2.34. The van der Waals surface area contributed by atoms with Crippen molar-refractivity contribution in [2.24, 2.45) is 0 Å². The van der Waals surface area contributed by atoms with Gasteiger partial charge in [0.1, 0.15) is 11.3 Å². The summed E-state index contributed by atoms with van der Waals surface area (Å²) in [5.41, 5.74) is 3.07. The monoisotopic (exact) mass is 267 g/mol. The third-order valence-corrected chi connectivity index (χ3v) is 3.03. The Morgan fingerprint density at radius 2 is 2.22 bits per heavy atom. The van der Waals surface area contributed by atoms with Crippen molar-refractivity contribution >= 4 is 16.3 Å². The van der Waals surface area contributed by atoms with Gasteiger partial charge in [0.15, 0.2) is 0 Å². The zero-order valence-electron chi connectivity index (χ0n) is 8.96. The van der Waals surface area contributed by atoms with Crippen LogP contribution in [0.5, 0.6) is 5.75 Å². The molecule has 0 amide bonds. The molecule has 2 aromatic heterocycles. The normalized spacial score (nSPS) is 11.3. The fourth-order valence-corrected chi connectivity index (χ4v) is 2.21. The molecule has 0 saturated heterocycles. The number of hydrogen-bond donors (Lipinski definition) is 0. The predicted octanol–water partition coefficient (Wildman–Crippen LogP) is 3.06. The van der Waals surface area contributed by atoms with Crippen LogP contribution in [0.4, 0.5) is 8.78 Å². The lowest BCUT2D eigenvalue weighted by atomic mass is 10.1. The lowest BCUT2D eigenvalue weighted by molar-refractivity contribution is -0.0498. The topological polar surface area (TPSA) is 39.4 Å². The maximum absolute atomic E-state index is 12.1. The van der Waals surface area contributed by atoms with E-state index in [2.05, 4.69) is 14.8 Å². The Bertz CT molecular complexity index is 651. The van der Waals surface area contributed by atoms with Crippen LogP contribution >= 0.6 is 11.3 Å². The standard InChI is InChI=1S/C11H7F2N3OS/c12-10(13)17-8-3-1-2-7(4-8)9-5-16-11(15-9)18-6-14-16/h1-6,10H. The average molecular weight is 267 g/mol. The summed E-state index contributed by atoms with van der Waals surface area (Å²) in [4.78, 5) is 5.09. The van der Waals surface area contributed by atoms with Gasteiger partial charge in [-0.15, -0.1) is 0 Å². The second-order valence-electron chi connectivity index (χ2n) is 3.50. The highest BCUT2D eigenvalue weighted by Gasteiger charge is 2.09. The highest BCUT2D eigenvalue weighted by Crippen LogP contribution is 2.25. The first kappa shape index (κ1) is 11.1. The van der Waals surface area contributed by atoms with Gasteiger partial charge < -0.3 is 4.74 Å². The van der Waals surface area contributed by atoms with Crippen LogP contribution in [0, 0.1) is 0 Å². The van der Waals surface area contributed by atoms with Gasteiger partial charge in [-0.25, -0.2) is 9.50 Å². The first-order valence-corrected chi connectivity index (χ1v) is 5.94. The summed E-state index contributed by atoms with van der Waals surface area (Å²) >= 11 is 1.41. The Hall–Kier alpha value is -2.02. The van der Waals surface area contributed by atoms with E-state index in [4.69, 9.17) is 0 Å². The minimum Gasteiger partial charge on any atom is -0.435 e. The van der Waals surface area contributed by atoms with E-state index in [1.807, 2.05) is 0 Å². The van der Waals surface area contributed by atoms with Gasteiger partial charge in [-0.2, -0.15) is 13.9 Å². The van der Waals surface area contributed by atoms with Gasteiger partial charge in [0.25, 0.3) is 0 Å². The van der Waals surface area contributed by atoms with Gasteiger partial charge in [-0.3, -0.25) is 0 Å². The summed E-state index contributed by atoms with van der Waals surface area (Å²) in [6.07, 6.45) is 1.74. The second kappa shape index (κ2) is 4.34. The number of imidazole rings is 1. The van der Waals surface area contributed by atoms with E-state index >= 15 is 0 Å². The van der Waals surface area contributed by atoms with E-state index in [-0.39, 0.29) is 5.75 Å². The van der Waals surface area contributed by atoms with E-state index < -0.39 is 6.61 Å². The van der Waals surface area contributed by atoms with Gasteiger partial charge in [-0.05, 0) is 12.1 Å². The molecule has 0 unspecified atom stereocenters. The number of nitrogens with zero attached hydrogens (tertiary/aromatic N) is 3. The molecule has 0 fully saturated rings. The summed E-state index contributed by atoms with van der Waals surface area (Å²) in [5, 5.41) is 4.06. The Kier molecular flexibility index (Phi) is 2.67. The first-order valence-electron chi connectivity index (χ1n) is 5.06. The summed E-state index contributed by atoms with van der Waals surface area (Å²) in [6.45, 7) is -2.83. The SMILES string of the molecule is FC(F)Oc1cccc(-c2cn3ncsc3n2)c1. The van der Waals surface area contributed by atoms with Crippen molar-refractivity contribution in [3.05, 3.63) is 36.0 Å². The fraction of sp³-hybridized carbons (Fsp3) is 0.0909. The van der Waals surface area contributed by atoms with E-state index in [0.29, 0.717) is 11.3 Å². The van der Waals surface area contributed by atoms with Crippen LogP contribution in [0.1, 0.15) is 0 Å². The van der Waals surface area contributed by atoms with Crippen LogP contribution in [-0.4, -0.2) is 21.2 Å². The number of rotatable bonds is 3. The number of fused-ring (bicyclic) bond motifs is 1. The molecule has 7 heteroatoms. The molecule has 0 spiro atoms.